The highest BCUT2D eigenvalue weighted by atomic mass is 19.3. The lowest BCUT2D eigenvalue weighted by Gasteiger charge is -2.36. The number of rotatable bonds is 4. The summed E-state index contributed by atoms with van der Waals surface area (Å²) < 4.78 is 28.1. The lowest BCUT2D eigenvalue weighted by atomic mass is 10.2. The second-order valence-electron chi connectivity index (χ2n) is 6.44. The number of fused-ring (bicyclic) bond motifs is 1. The number of piperazine rings is 1. The van der Waals surface area contributed by atoms with Crippen LogP contribution < -0.4 is 4.90 Å². The van der Waals surface area contributed by atoms with Gasteiger partial charge in [-0.15, -0.1) is 0 Å². The molecule has 1 aromatic heterocycles. The van der Waals surface area contributed by atoms with Gasteiger partial charge in [0.1, 0.15) is 11.6 Å². The quantitative estimate of drug-likeness (QED) is 0.776. The number of hydrogen-bond donors (Lipinski definition) is 1. The van der Waals surface area contributed by atoms with E-state index < -0.39 is 6.55 Å². The first-order valence-electron chi connectivity index (χ1n) is 8.62. The Morgan fingerprint density at radius 2 is 1.65 bits per heavy atom. The molecule has 0 saturated carbocycles. The standard InChI is InChI=1S/C19H20F2N4O/c20-19(21)25-17-4-2-1-3-16(17)22-18(25)13-23-9-11-24(12-10-23)14-5-7-15(26)8-6-14/h1-8,19,26H,9-13H2. The van der Waals surface area contributed by atoms with E-state index >= 15 is 0 Å². The summed E-state index contributed by atoms with van der Waals surface area (Å²) in [6.07, 6.45) is 0. The topological polar surface area (TPSA) is 44.5 Å². The smallest absolute Gasteiger partial charge is 0.320 e. The Labute approximate surface area is 150 Å². The van der Waals surface area contributed by atoms with Crippen LogP contribution in [0.25, 0.3) is 11.0 Å². The first-order chi connectivity index (χ1) is 12.6. The molecule has 7 heteroatoms. The second-order valence-corrected chi connectivity index (χ2v) is 6.44. The van der Waals surface area contributed by atoms with Crippen molar-refractivity contribution in [2.45, 2.75) is 13.1 Å². The number of alkyl halides is 2. The number of imidazole rings is 1. The Hall–Kier alpha value is -2.67. The molecule has 1 N–H and O–H groups in total. The van der Waals surface area contributed by atoms with Gasteiger partial charge in [0.15, 0.2) is 0 Å². The number of halogens is 2. The van der Waals surface area contributed by atoms with Crippen molar-refractivity contribution in [3.63, 3.8) is 0 Å². The fraction of sp³-hybridized carbons (Fsp3) is 0.316. The third kappa shape index (κ3) is 3.22. The van der Waals surface area contributed by atoms with Crippen molar-refractivity contribution in [3.8, 4) is 5.75 Å². The number of para-hydroxylation sites is 2. The lowest BCUT2D eigenvalue weighted by molar-refractivity contribution is 0.0681. The predicted octanol–water partition coefficient (Wildman–Crippen LogP) is 3.46. The molecule has 0 aliphatic carbocycles. The van der Waals surface area contributed by atoms with Gasteiger partial charge in [0.2, 0.25) is 0 Å². The zero-order valence-corrected chi connectivity index (χ0v) is 14.2. The van der Waals surface area contributed by atoms with E-state index in [9.17, 15) is 13.9 Å². The zero-order chi connectivity index (χ0) is 18.1. The van der Waals surface area contributed by atoms with E-state index in [0.29, 0.717) is 23.4 Å². The van der Waals surface area contributed by atoms with Gasteiger partial charge in [-0.05, 0) is 36.4 Å². The van der Waals surface area contributed by atoms with Crippen LogP contribution in [0.15, 0.2) is 48.5 Å². The van der Waals surface area contributed by atoms with Crippen LogP contribution in [0.4, 0.5) is 14.5 Å². The van der Waals surface area contributed by atoms with E-state index in [1.165, 1.54) is 0 Å². The molecule has 1 fully saturated rings. The maximum absolute atomic E-state index is 13.5. The van der Waals surface area contributed by atoms with E-state index in [4.69, 9.17) is 0 Å². The second kappa shape index (κ2) is 6.92. The molecule has 0 bridgehead atoms. The van der Waals surface area contributed by atoms with Crippen molar-refractivity contribution in [1.29, 1.82) is 0 Å². The van der Waals surface area contributed by atoms with Gasteiger partial charge in [-0.1, -0.05) is 12.1 Å². The van der Waals surface area contributed by atoms with Crippen molar-refractivity contribution in [1.82, 2.24) is 14.5 Å². The molecule has 1 aliphatic rings. The largest absolute Gasteiger partial charge is 0.508 e. The molecule has 136 valence electrons. The summed E-state index contributed by atoms with van der Waals surface area (Å²) in [6, 6.07) is 14.1. The third-order valence-electron chi connectivity index (χ3n) is 4.82. The van der Waals surface area contributed by atoms with Crippen LogP contribution in [0.2, 0.25) is 0 Å². The van der Waals surface area contributed by atoms with Crippen LogP contribution in [-0.2, 0) is 6.54 Å². The van der Waals surface area contributed by atoms with Crippen LogP contribution in [0.1, 0.15) is 12.4 Å². The number of benzene rings is 2. The van der Waals surface area contributed by atoms with Gasteiger partial charge < -0.3 is 10.0 Å². The molecule has 0 atom stereocenters. The fourth-order valence-corrected chi connectivity index (χ4v) is 3.45. The van der Waals surface area contributed by atoms with Gasteiger partial charge in [-0.3, -0.25) is 9.47 Å². The minimum Gasteiger partial charge on any atom is -0.508 e. The Morgan fingerprint density at radius 3 is 2.35 bits per heavy atom. The molecule has 5 nitrogen and oxygen atoms in total. The molecule has 0 unspecified atom stereocenters. The fourth-order valence-electron chi connectivity index (χ4n) is 3.45. The van der Waals surface area contributed by atoms with Crippen molar-refractivity contribution < 1.29 is 13.9 Å². The summed E-state index contributed by atoms with van der Waals surface area (Å²) in [5.41, 5.74) is 2.13. The van der Waals surface area contributed by atoms with Crippen LogP contribution in [0.5, 0.6) is 5.75 Å². The molecule has 2 aromatic carbocycles. The molecule has 0 spiro atoms. The van der Waals surface area contributed by atoms with Gasteiger partial charge in [-0.25, -0.2) is 4.98 Å². The van der Waals surface area contributed by atoms with Crippen molar-refractivity contribution >= 4 is 16.7 Å². The minimum absolute atomic E-state index is 0.248. The Morgan fingerprint density at radius 1 is 0.962 bits per heavy atom. The van der Waals surface area contributed by atoms with Gasteiger partial charge in [0.25, 0.3) is 0 Å². The van der Waals surface area contributed by atoms with Gasteiger partial charge >= 0.3 is 6.55 Å². The molecular formula is C19H20F2N4O. The van der Waals surface area contributed by atoms with Crippen LogP contribution in [0, 0.1) is 0 Å². The van der Waals surface area contributed by atoms with E-state index in [1.807, 2.05) is 18.2 Å². The maximum Gasteiger partial charge on any atom is 0.320 e. The van der Waals surface area contributed by atoms with Crippen LogP contribution >= 0.6 is 0 Å². The Balaban J connectivity index is 1.47. The van der Waals surface area contributed by atoms with Crippen molar-refractivity contribution in [2.24, 2.45) is 0 Å². The van der Waals surface area contributed by atoms with E-state index in [2.05, 4.69) is 14.8 Å². The molecule has 4 rings (SSSR count). The highest BCUT2D eigenvalue weighted by molar-refractivity contribution is 5.76. The number of anilines is 1. The zero-order valence-electron chi connectivity index (χ0n) is 14.2. The van der Waals surface area contributed by atoms with Crippen molar-refractivity contribution in [3.05, 3.63) is 54.4 Å². The van der Waals surface area contributed by atoms with Gasteiger partial charge in [0.05, 0.1) is 17.6 Å². The monoisotopic (exact) mass is 358 g/mol. The number of aromatic nitrogens is 2. The number of phenolic OH excluding ortho intramolecular Hbond substituents is 1. The molecule has 3 aromatic rings. The molecule has 0 amide bonds. The molecular weight excluding hydrogens is 338 g/mol. The Kier molecular flexibility index (Phi) is 4.46. The number of phenols is 1. The summed E-state index contributed by atoms with van der Waals surface area (Å²) in [7, 11) is 0. The lowest BCUT2D eigenvalue weighted by Crippen LogP contribution is -2.46. The number of nitrogens with zero attached hydrogens (tertiary/aromatic N) is 4. The molecule has 1 saturated heterocycles. The molecule has 26 heavy (non-hydrogen) atoms. The van der Waals surface area contributed by atoms with Crippen LogP contribution in [0.3, 0.4) is 0 Å². The third-order valence-corrected chi connectivity index (χ3v) is 4.82. The van der Waals surface area contributed by atoms with E-state index in [0.717, 1.165) is 36.4 Å². The summed E-state index contributed by atoms with van der Waals surface area (Å²) >= 11 is 0. The van der Waals surface area contributed by atoms with Gasteiger partial charge in [0, 0.05) is 31.9 Å². The highest BCUT2D eigenvalue weighted by Gasteiger charge is 2.22. The van der Waals surface area contributed by atoms with E-state index in [-0.39, 0.29) is 5.75 Å². The van der Waals surface area contributed by atoms with Crippen molar-refractivity contribution in [2.75, 3.05) is 31.1 Å². The predicted molar refractivity (Wildman–Crippen MR) is 96.6 cm³/mol. The minimum atomic E-state index is -2.60. The Bertz CT molecular complexity index is 886. The highest BCUT2D eigenvalue weighted by Crippen LogP contribution is 2.25. The average Bonchev–Trinajstić information content (AvgIpc) is 3.01. The number of hydrogen-bond acceptors (Lipinski definition) is 4. The van der Waals surface area contributed by atoms with Gasteiger partial charge in [-0.2, -0.15) is 8.78 Å². The average molecular weight is 358 g/mol. The van der Waals surface area contributed by atoms with Crippen LogP contribution in [-0.4, -0.2) is 45.7 Å². The maximum atomic E-state index is 13.5. The first kappa shape index (κ1) is 16.8. The molecule has 0 radical (unpaired) electrons. The first-order valence-corrected chi connectivity index (χ1v) is 8.62. The summed E-state index contributed by atoms with van der Waals surface area (Å²) in [5.74, 6) is 0.651. The normalized spacial score (nSPS) is 15.9. The molecule has 1 aliphatic heterocycles. The SMILES string of the molecule is Oc1ccc(N2CCN(Cc3nc4ccccc4n3C(F)F)CC2)cc1. The summed E-state index contributed by atoms with van der Waals surface area (Å²) in [4.78, 5) is 8.79. The van der Waals surface area contributed by atoms with E-state index in [1.54, 1.807) is 30.3 Å². The summed E-state index contributed by atoms with van der Waals surface area (Å²) in [5, 5.41) is 9.39. The summed E-state index contributed by atoms with van der Waals surface area (Å²) in [6.45, 7) is 0.957. The number of aromatic hydroxyl groups is 1. The molecule has 2 heterocycles.